The molecule has 0 radical (unpaired) electrons. The first-order chi connectivity index (χ1) is 6.23. The first-order valence-corrected chi connectivity index (χ1v) is 5.23. The Morgan fingerprint density at radius 3 is 1.64 bits per heavy atom. The summed E-state index contributed by atoms with van der Waals surface area (Å²) in [5.74, 6) is 0. The van der Waals surface area contributed by atoms with Gasteiger partial charge in [0.2, 0.25) is 0 Å². The van der Waals surface area contributed by atoms with Gasteiger partial charge in [0, 0.05) is 5.41 Å². The van der Waals surface area contributed by atoms with Crippen molar-refractivity contribution in [2.75, 3.05) is 0 Å². The summed E-state index contributed by atoms with van der Waals surface area (Å²) in [6.07, 6.45) is 6.84. The standard InChI is InChI=1S/C14H24/c1-11(2)8-13(5)10-14(6,7)9-12(3)4/h8-10H,1-7H3. The van der Waals surface area contributed by atoms with Gasteiger partial charge in [0.05, 0.1) is 0 Å². The molecular weight excluding hydrogens is 168 g/mol. The third-order valence-electron chi connectivity index (χ3n) is 1.78. The van der Waals surface area contributed by atoms with Crippen LogP contribution in [0, 0.1) is 5.41 Å². The summed E-state index contributed by atoms with van der Waals surface area (Å²) >= 11 is 0. The molecule has 0 amide bonds. The van der Waals surface area contributed by atoms with Crippen LogP contribution in [0.15, 0.2) is 34.9 Å². The van der Waals surface area contributed by atoms with E-state index in [-0.39, 0.29) is 5.41 Å². The third-order valence-corrected chi connectivity index (χ3v) is 1.78. The second-order valence-electron chi connectivity index (χ2n) is 5.15. The Morgan fingerprint density at radius 1 is 0.786 bits per heavy atom. The molecule has 0 N–H and O–H groups in total. The third kappa shape index (κ3) is 6.71. The van der Waals surface area contributed by atoms with E-state index in [0.717, 1.165) is 0 Å². The molecule has 0 unspecified atom stereocenters. The van der Waals surface area contributed by atoms with E-state index in [0.29, 0.717) is 0 Å². The molecule has 0 aliphatic carbocycles. The molecule has 0 aliphatic heterocycles. The van der Waals surface area contributed by atoms with E-state index >= 15 is 0 Å². The van der Waals surface area contributed by atoms with Crippen molar-refractivity contribution < 1.29 is 0 Å². The second-order valence-corrected chi connectivity index (χ2v) is 5.15. The van der Waals surface area contributed by atoms with E-state index < -0.39 is 0 Å². The van der Waals surface area contributed by atoms with Crippen LogP contribution in [0.3, 0.4) is 0 Å². The van der Waals surface area contributed by atoms with Gasteiger partial charge in [-0.2, -0.15) is 0 Å². The van der Waals surface area contributed by atoms with Gasteiger partial charge in [-0.05, 0) is 34.6 Å². The lowest BCUT2D eigenvalue weighted by Gasteiger charge is -2.17. The average molecular weight is 192 g/mol. The van der Waals surface area contributed by atoms with Crippen LogP contribution in [-0.2, 0) is 0 Å². The Morgan fingerprint density at radius 2 is 1.29 bits per heavy atom. The second kappa shape index (κ2) is 5.19. The minimum absolute atomic E-state index is 0.162. The fourth-order valence-corrected chi connectivity index (χ4v) is 1.87. The lowest BCUT2D eigenvalue weighted by atomic mass is 9.88. The smallest absolute Gasteiger partial charge is 0.00126 e. The molecule has 80 valence electrons. The number of allylic oxidation sites excluding steroid dienone is 6. The van der Waals surface area contributed by atoms with Gasteiger partial charge in [-0.25, -0.2) is 0 Å². The maximum absolute atomic E-state index is 2.31. The molecule has 0 atom stereocenters. The van der Waals surface area contributed by atoms with Gasteiger partial charge < -0.3 is 0 Å². The van der Waals surface area contributed by atoms with Crippen molar-refractivity contribution >= 4 is 0 Å². The monoisotopic (exact) mass is 192 g/mol. The first kappa shape index (κ1) is 13.2. The molecule has 0 heterocycles. The quantitative estimate of drug-likeness (QED) is 0.441. The molecule has 0 rings (SSSR count). The van der Waals surface area contributed by atoms with Gasteiger partial charge in [0.25, 0.3) is 0 Å². The maximum Gasteiger partial charge on any atom is 0.00126 e. The van der Waals surface area contributed by atoms with Crippen LogP contribution in [0.5, 0.6) is 0 Å². The Labute approximate surface area is 89.4 Å². The van der Waals surface area contributed by atoms with Gasteiger partial charge >= 0.3 is 0 Å². The highest BCUT2D eigenvalue weighted by Gasteiger charge is 2.09. The molecule has 0 saturated carbocycles. The Balaban J connectivity index is 4.80. The molecule has 0 bridgehead atoms. The summed E-state index contributed by atoms with van der Waals surface area (Å²) in [4.78, 5) is 0. The van der Waals surface area contributed by atoms with Crippen molar-refractivity contribution in [3.8, 4) is 0 Å². The molecule has 0 aromatic carbocycles. The van der Waals surface area contributed by atoms with E-state index in [2.05, 4.69) is 66.7 Å². The van der Waals surface area contributed by atoms with Crippen LogP contribution < -0.4 is 0 Å². The average Bonchev–Trinajstić information content (AvgIpc) is 1.77. The summed E-state index contributed by atoms with van der Waals surface area (Å²) in [7, 11) is 0. The lowest BCUT2D eigenvalue weighted by Crippen LogP contribution is -2.04. The molecule has 0 fully saturated rings. The number of hydrogen-bond acceptors (Lipinski definition) is 0. The minimum atomic E-state index is 0.162. The number of rotatable bonds is 3. The van der Waals surface area contributed by atoms with Crippen LogP contribution in [0.1, 0.15) is 48.5 Å². The predicted octanol–water partition coefficient (Wildman–Crippen LogP) is 4.89. The SMILES string of the molecule is CC(C)=CC(C)=CC(C)(C)C=C(C)C. The summed E-state index contributed by atoms with van der Waals surface area (Å²) in [5, 5.41) is 0. The van der Waals surface area contributed by atoms with Crippen molar-refractivity contribution in [2.24, 2.45) is 5.41 Å². The van der Waals surface area contributed by atoms with E-state index in [1.165, 1.54) is 16.7 Å². The van der Waals surface area contributed by atoms with Crippen LogP contribution in [-0.4, -0.2) is 0 Å². The summed E-state index contributed by atoms with van der Waals surface area (Å²) in [6, 6.07) is 0. The summed E-state index contributed by atoms with van der Waals surface area (Å²) in [6.45, 7) is 15.2. The molecule has 0 heteroatoms. The van der Waals surface area contributed by atoms with Gasteiger partial charge in [0.15, 0.2) is 0 Å². The normalized spacial score (nSPS) is 12.4. The molecule has 0 nitrogen and oxygen atoms in total. The summed E-state index contributed by atoms with van der Waals surface area (Å²) < 4.78 is 0. The van der Waals surface area contributed by atoms with Crippen molar-refractivity contribution in [1.29, 1.82) is 0 Å². The Kier molecular flexibility index (Phi) is 4.90. The molecule has 0 aromatic rings. The number of hydrogen-bond donors (Lipinski definition) is 0. The Hall–Kier alpha value is -0.780. The van der Waals surface area contributed by atoms with Gasteiger partial charge in [-0.15, -0.1) is 0 Å². The van der Waals surface area contributed by atoms with Crippen molar-refractivity contribution in [3.05, 3.63) is 34.9 Å². The zero-order valence-electron chi connectivity index (χ0n) is 10.7. The Bertz CT molecular complexity index is 264. The van der Waals surface area contributed by atoms with Gasteiger partial charge in [0.1, 0.15) is 0 Å². The van der Waals surface area contributed by atoms with Gasteiger partial charge in [-0.3, -0.25) is 0 Å². The minimum Gasteiger partial charge on any atom is -0.0796 e. The van der Waals surface area contributed by atoms with Crippen molar-refractivity contribution in [1.82, 2.24) is 0 Å². The molecular formula is C14H24. The largest absolute Gasteiger partial charge is 0.0796 e. The van der Waals surface area contributed by atoms with Gasteiger partial charge in [-0.1, -0.05) is 48.8 Å². The van der Waals surface area contributed by atoms with E-state index in [4.69, 9.17) is 0 Å². The maximum atomic E-state index is 2.31. The van der Waals surface area contributed by atoms with Crippen LogP contribution in [0.2, 0.25) is 0 Å². The zero-order chi connectivity index (χ0) is 11.4. The topological polar surface area (TPSA) is 0 Å². The molecule has 0 saturated heterocycles. The first-order valence-electron chi connectivity index (χ1n) is 5.23. The predicted molar refractivity (Wildman–Crippen MR) is 66.4 cm³/mol. The fraction of sp³-hybridized carbons (Fsp3) is 0.571. The lowest BCUT2D eigenvalue weighted by molar-refractivity contribution is 0.616. The van der Waals surface area contributed by atoms with E-state index in [1.54, 1.807) is 0 Å². The van der Waals surface area contributed by atoms with Crippen LogP contribution in [0.25, 0.3) is 0 Å². The van der Waals surface area contributed by atoms with E-state index in [9.17, 15) is 0 Å². The molecule has 0 aromatic heterocycles. The van der Waals surface area contributed by atoms with Crippen molar-refractivity contribution in [2.45, 2.75) is 48.5 Å². The highest BCUT2D eigenvalue weighted by atomic mass is 14.1. The molecule has 0 spiro atoms. The fourth-order valence-electron chi connectivity index (χ4n) is 1.87. The van der Waals surface area contributed by atoms with Crippen LogP contribution >= 0.6 is 0 Å². The summed E-state index contributed by atoms with van der Waals surface area (Å²) in [5.41, 5.74) is 4.23. The molecule has 14 heavy (non-hydrogen) atoms. The van der Waals surface area contributed by atoms with E-state index in [1.807, 2.05) is 0 Å². The molecule has 0 aliphatic rings. The van der Waals surface area contributed by atoms with Crippen molar-refractivity contribution in [3.63, 3.8) is 0 Å². The van der Waals surface area contributed by atoms with Crippen LogP contribution in [0.4, 0.5) is 0 Å². The zero-order valence-corrected chi connectivity index (χ0v) is 10.7. The highest BCUT2D eigenvalue weighted by molar-refractivity contribution is 5.24. The highest BCUT2D eigenvalue weighted by Crippen LogP contribution is 2.23.